The number of halogens is 4. The second-order valence-corrected chi connectivity index (χ2v) is 6.68. The molecule has 0 spiro atoms. The quantitative estimate of drug-likeness (QED) is 0.526. The van der Waals surface area contributed by atoms with E-state index >= 15 is 4.39 Å². The van der Waals surface area contributed by atoms with Crippen LogP contribution in [0.25, 0.3) is 11.1 Å². The Hall–Kier alpha value is -3.52. The minimum Gasteiger partial charge on any atom is -0.506 e. The zero-order valence-electron chi connectivity index (χ0n) is 15.0. The number of anilines is 1. The molecule has 0 heterocycles. The summed E-state index contributed by atoms with van der Waals surface area (Å²) in [6.07, 6.45) is -0.564. The maximum Gasteiger partial charge on any atom is 0.307 e. The van der Waals surface area contributed by atoms with Crippen molar-refractivity contribution in [3.63, 3.8) is 0 Å². The Morgan fingerprint density at radius 1 is 1.00 bits per heavy atom. The van der Waals surface area contributed by atoms with E-state index in [1.54, 1.807) is 0 Å². The van der Waals surface area contributed by atoms with Crippen molar-refractivity contribution in [3.05, 3.63) is 82.1 Å². The van der Waals surface area contributed by atoms with Crippen LogP contribution in [0.3, 0.4) is 0 Å². The van der Waals surface area contributed by atoms with Crippen molar-refractivity contribution < 1.29 is 33.0 Å². The van der Waals surface area contributed by atoms with Gasteiger partial charge in [-0.1, -0.05) is 23.7 Å². The molecular formula is C21H13ClF3NO4. The number of phenols is 1. The van der Waals surface area contributed by atoms with Crippen LogP contribution in [0.5, 0.6) is 5.75 Å². The molecule has 5 nitrogen and oxygen atoms in total. The van der Waals surface area contributed by atoms with Gasteiger partial charge >= 0.3 is 5.97 Å². The monoisotopic (exact) mass is 435 g/mol. The number of aliphatic carboxylic acids is 1. The molecule has 1 amide bonds. The van der Waals surface area contributed by atoms with E-state index in [0.717, 1.165) is 36.4 Å². The molecule has 0 aromatic heterocycles. The Kier molecular flexibility index (Phi) is 5.98. The highest BCUT2D eigenvalue weighted by atomic mass is 35.5. The van der Waals surface area contributed by atoms with Crippen molar-refractivity contribution in [1.29, 1.82) is 0 Å². The number of carboxylic acid groups (broad SMARTS) is 1. The number of rotatable bonds is 5. The van der Waals surface area contributed by atoms with Gasteiger partial charge in [0.2, 0.25) is 0 Å². The molecule has 0 bridgehead atoms. The van der Waals surface area contributed by atoms with E-state index in [1.165, 1.54) is 12.1 Å². The molecule has 3 aromatic rings. The maximum absolute atomic E-state index is 15.0. The Labute approximate surface area is 173 Å². The second-order valence-electron chi connectivity index (χ2n) is 6.28. The Morgan fingerprint density at radius 3 is 2.43 bits per heavy atom. The van der Waals surface area contributed by atoms with Crippen LogP contribution in [0.2, 0.25) is 5.02 Å². The van der Waals surface area contributed by atoms with Crippen molar-refractivity contribution in [1.82, 2.24) is 0 Å². The Morgan fingerprint density at radius 2 is 1.73 bits per heavy atom. The number of nitrogens with one attached hydrogen (secondary N) is 1. The van der Waals surface area contributed by atoms with Gasteiger partial charge in [0.25, 0.3) is 5.91 Å². The Balaban J connectivity index is 1.99. The average Bonchev–Trinajstić information content (AvgIpc) is 2.67. The summed E-state index contributed by atoms with van der Waals surface area (Å²) in [6.45, 7) is 0. The molecule has 30 heavy (non-hydrogen) atoms. The van der Waals surface area contributed by atoms with Gasteiger partial charge in [0, 0.05) is 16.8 Å². The van der Waals surface area contributed by atoms with Crippen LogP contribution in [0.4, 0.5) is 18.9 Å². The van der Waals surface area contributed by atoms with E-state index in [0.29, 0.717) is 0 Å². The summed E-state index contributed by atoms with van der Waals surface area (Å²) in [5.41, 5.74) is -1.09. The van der Waals surface area contributed by atoms with Crippen LogP contribution in [0.15, 0.2) is 48.5 Å². The summed E-state index contributed by atoms with van der Waals surface area (Å²) in [6, 6.07) is 8.53. The number of carbonyl (C=O) groups excluding carboxylic acids is 1. The number of hydrogen-bond acceptors (Lipinski definition) is 3. The van der Waals surface area contributed by atoms with Crippen molar-refractivity contribution in [2.24, 2.45) is 0 Å². The molecule has 0 radical (unpaired) electrons. The fourth-order valence-electron chi connectivity index (χ4n) is 2.84. The topological polar surface area (TPSA) is 86.6 Å². The first-order valence-corrected chi connectivity index (χ1v) is 8.83. The van der Waals surface area contributed by atoms with Crippen molar-refractivity contribution >= 4 is 29.2 Å². The number of aromatic hydroxyl groups is 1. The van der Waals surface area contributed by atoms with Gasteiger partial charge < -0.3 is 15.5 Å². The fourth-order valence-corrected chi connectivity index (χ4v) is 2.99. The van der Waals surface area contributed by atoms with Gasteiger partial charge in [-0.25, -0.2) is 13.2 Å². The van der Waals surface area contributed by atoms with Crippen LogP contribution in [-0.4, -0.2) is 22.1 Å². The molecule has 0 saturated heterocycles. The van der Waals surface area contributed by atoms with Gasteiger partial charge in [-0.2, -0.15) is 0 Å². The normalized spacial score (nSPS) is 10.7. The standard InChI is InChI=1S/C21H13ClF3NO4/c22-15-9-16(24)14(8-18(15)27)12-2-1-3-13(20(12)25)21(30)26-17-5-4-11(23)6-10(17)7-19(28)29/h1-6,8-9,27H,7H2,(H,26,30)(H,28,29). The van der Waals surface area contributed by atoms with E-state index in [2.05, 4.69) is 5.32 Å². The third-order valence-electron chi connectivity index (χ3n) is 4.23. The lowest BCUT2D eigenvalue weighted by atomic mass is 10.0. The van der Waals surface area contributed by atoms with Gasteiger partial charge in [-0.15, -0.1) is 0 Å². The van der Waals surface area contributed by atoms with Crippen LogP contribution in [0, 0.1) is 17.5 Å². The fraction of sp³-hybridized carbons (Fsp3) is 0.0476. The predicted octanol–water partition coefficient (Wildman–Crippen LogP) is 5.01. The molecule has 0 aliphatic rings. The molecule has 9 heteroatoms. The summed E-state index contributed by atoms with van der Waals surface area (Å²) < 4.78 is 42.7. The summed E-state index contributed by atoms with van der Waals surface area (Å²) in [7, 11) is 0. The highest BCUT2D eigenvalue weighted by Gasteiger charge is 2.20. The number of carboxylic acids is 1. The highest BCUT2D eigenvalue weighted by molar-refractivity contribution is 6.32. The SMILES string of the molecule is O=C(O)Cc1cc(F)ccc1NC(=O)c1cccc(-c2cc(O)c(Cl)cc2F)c1F. The molecule has 3 rings (SSSR count). The van der Waals surface area contributed by atoms with Crippen molar-refractivity contribution in [3.8, 4) is 16.9 Å². The number of benzene rings is 3. The number of hydrogen-bond donors (Lipinski definition) is 3. The van der Waals surface area contributed by atoms with Gasteiger partial charge in [0.15, 0.2) is 0 Å². The first-order valence-electron chi connectivity index (χ1n) is 8.46. The van der Waals surface area contributed by atoms with Gasteiger partial charge in [0.1, 0.15) is 23.2 Å². The third-order valence-corrected chi connectivity index (χ3v) is 4.53. The van der Waals surface area contributed by atoms with E-state index in [1.807, 2.05) is 0 Å². The Bertz CT molecular complexity index is 1170. The lowest BCUT2D eigenvalue weighted by Crippen LogP contribution is -2.16. The van der Waals surface area contributed by atoms with Crippen molar-refractivity contribution in [2.75, 3.05) is 5.32 Å². The van der Waals surface area contributed by atoms with E-state index in [-0.39, 0.29) is 27.4 Å². The molecule has 0 aliphatic carbocycles. The van der Waals surface area contributed by atoms with Crippen LogP contribution < -0.4 is 5.32 Å². The lowest BCUT2D eigenvalue weighted by molar-refractivity contribution is -0.136. The average molecular weight is 436 g/mol. The number of phenolic OH excluding ortho intramolecular Hbond substituents is 1. The summed E-state index contributed by atoms with van der Waals surface area (Å²) in [5, 5.41) is 20.7. The lowest BCUT2D eigenvalue weighted by Gasteiger charge is -2.13. The van der Waals surface area contributed by atoms with Gasteiger partial charge in [-0.3, -0.25) is 9.59 Å². The van der Waals surface area contributed by atoms with Crippen LogP contribution in [0.1, 0.15) is 15.9 Å². The molecule has 0 saturated carbocycles. The molecule has 0 atom stereocenters. The largest absolute Gasteiger partial charge is 0.506 e. The molecule has 3 aromatic carbocycles. The summed E-state index contributed by atoms with van der Waals surface area (Å²) in [4.78, 5) is 23.6. The minimum atomic E-state index is -1.25. The second kappa shape index (κ2) is 8.46. The number of carbonyl (C=O) groups is 2. The smallest absolute Gasteiger partial charge is 0.307 e. The minimum absolute atomic E-state index is 0.0103. The third kappa shape index (κ3) is 4.38. The number of amides is 1. The molecule has 0 fully saturated rings. The molecule has 3 N–H and O–H groups in total. The summed E-state index contributed by atoms with van der Waals surface area (Å²) in [5.74, 6) is -5.34. The summed E-state index contributed by atoms with van der Waals surface area (Å²) >= 11 is 5.63. The first kappa shape index (κ1) is 21.2. The first-order chi connectivity index (χ1) is 14.2. The van der Waals surface area contributed by atoms with E-state index < -0.39 is 47.1 Å². The van der Waals surface area contributed by atoms with Gasteiger partial charge in [0.05, 0.1) is 17.0 Å². The zero-order valence-corrected chi connectivity index (χ0v) is 15.8. The molecule has 0 unspecified atom stereocenters. The predicted molar refractivity (Wildman–Crippen MR) is 104 cm³/mol. The van der Waals surface area contributed by atoms with Crippen LogP contribution >= 0.6 is 11.6 Å². The zero-order chi connectivity index (χ0) is 22.0. The molecule has 0 aliphatic heterocycles. The van der Waals surface area contributed by atoms with E-state index in [4.69, 9.17) is 16.7 Å². The van der Waals surface area contributed by atoms with Crippen LogP contribution in [-0.2, 0) is 11.2 Å². The van der Waals surface area contributed by atoms with Gasteiger partial charge in [-0.05, 0) is 42.0 Å². The maximum atomic E-state index is 15.0. The van der Waals surface area contributed by atoms with E-state index in [9.17, 15) is 23.5 Å². The molecule has 154 valence electrons. The van der Waals surface area contributed by atoms with Crippen molar-refractivity contribution in [2.45, 2.75) is 6.42 Å². The highest BCUT2D eigenvalue weighted by Crippen LogP contribution is 2.34. The molecular weight excluding hydrogens is 423 g/mol.